The lowest BCUT2D eigenvalue weighted by atomic mass is 9.81. The van der Waals surface area contributed by atoms with Gasteiger partial charge in [0.1, 0.15) is 5.75 Å². The fraction of sp³-hybridized carbons (Fsp3) is 0.429. The summed E-state index contributed by atoms with van der Waals surface area (Å²) in [6.07, 6.45) is 6.21. The summed E-state index contributed by atoms with van der Waals surface area (Å²) in [6, 6.07) is 7.25. The van der Waals surface area contributed by atoms with Crippen LogP contribution >= 0.6 is 0 Å². The largest absolute Gasteiger partial charge is 0.497 e. The lowest BCUT2D eigenvalue weighted by Crippen LogP contribution is -2.48. The third-order valence-corrected chi connectivity index (χ3v) is 7.89. The van der Waals surface area contributed by atoms with Crippen molar-refractivity contribution < 1.29 is 13.2 Å². The summed E-state index contributed by atoms with van der Waals surface area (Å²) in [6.45, 7) is 0.320. The Kier molecular flexibility index (Phi) is 5.66. The molecule has 9 heteroatoms. The van der Waals surface area contributed by atoms with Gasteiger partial charge in [0.05, 0.1) is 13.2 Å². The summed E-state index contributed by atoms with van der Waals surface area (Å²) in [4.78, 5) is 27.5. The van der Waals surface area contributed by atoms with Gasteiger partial charge in [-0.3, -0.25) is 9.78 Å². The summed E-state index contributed by atoms with van der Waals surface area (Å²) in [5.74, 6) is 0.740. The maximum Gasteiger partial charge on any atom is 0.325 e. The van der Waals surface area contributed by atoms with E-state index in [0.29, 0.717) is 19.4 Å². The zero-order valence-corrected chi connectivity index (χ0v) is 17.6. The second-order valence-electron chi connectivity index (χ2n) is 7.71. The summed E-state index contributed by atoms with van der Waals surface area (Å²) in [7, 11) is -2.48. The van der Waals surface area contributed by atoms with Crippen LogP contribution in [0, 0.1) is 0 Å². The molecule has 2 heterocycles. The topological polar surface area (TPSA) is 112 Å². The van der Waals surface area contributed by atoms with Crippen LogP contribution in [0.5, 0.6) is 5.75 Å². The Morgan fingerprint density at radius 2 is 1.83 bits per heavy atom. The van der Waals surface area contributed by atoms with Gasteiger partial charge < -0.3 is 9.72 Å². The van der Waals surface area contributed by atoms with Crippen LogP contribution in [0.15, 0.2) is 56.1 Å². The molecule has 0 spiro atoms. The quantitative estimate of drug-likeness (QED) is 0.703. The minimum Gasteiger partial charge on any atom is -0.497 e. The van der Waals surface area contributed by atoms with Crippen molar-refractivity contribution in [1.29, 1.82) is 0 Å². The van der Waals surface area contributed by atoms with Crippen molar-refractivity contribution in [2.24, 2.45) is 0 Å². The Morgan fingerprint density at radius 1 is 1.10 bits per heavy atom. The molecule has 1 aromatic carbocycles. The maximum atomic E-state index is 13.4. The molecule has 8 nitrogen and oxygen atoms in total. The van der Waals surface area contributed by atoms with E-state index in [1.54, 1.807) is 7.11 Å². The molecule has 0 amide bonds. The molecule has 30 heavy (non-hydrogen) atoms. The van der Waals surface area contributed by atoms with Gasteiger partial charge >= 0.3 is 5.69 Å². The molecule has 0 radical (unpaired) electrons. The van der Waals surface area contributed by atoms with Crippen molar-refractivity contribution in [2.45, 2.75) is 49.5 Å². The normalized spacial score (nSPS) is 20.1. The van der Waals surface area contributed by atoms with E-state index in [-0.39, 0.29) is 6.04 Å². The van der Waals surface area contributed by atoms with Crippen LogP contribution in [0.1, 0.15) is 37.7 Å². The number of nitrogens with one attached hydrogen (secondary N) is 2. The number of aromatic nitrogens is 2. The molecule has 0 bridgehead atoms. The summed E-state index contributed by atoms with van der Waals surface area (Å²) in [5, 5.41) is 0. The van der Waals surface area contributed by atoms with Gasteiger partial charge in [-0.2, -0.15) is 4.31 Å². The van der Waals surface area contributed by atoms with Crippen LogP contribution in [0.3, 0.4) is 0 Å². The van der Waals surface area contributed by atoms with Crippen LogP contribution in [0.25, 0.3) is 0 Å². The fourth-order valence-corrected chi connectivity index (χ4v) is 6.08. The monoisotopic (exact) mass is 431 g/mol. The Balaban J connectivity index is 1.75. The van der Waals surface area contributed by atoms with E-state index >= 15 is 0 Å². The highest BCUT2D eigenvalue weighted by atomic mass is 32.2. The standard InChI is InChI=1S/C21H25N3O5S/c1-29-16-8-6-14(7-9-16)12-18-17-5-3-2-4-15(17)10-11-24(18)30(27,28)19-13-22-21(26)23-20(19)25/h6-9,13,18H,2-5,10-12H2,1H3,(H2,22,23,25,26)/t18-/m0/s1. The number of rotatable bonds is 5. The molecule has 1 aromatic heterocycles. The second-order valence-corrected chi connectivity index (χ2v) is 9.56. The number of aromatic amines is 2. The van der Waals surface area contributed by atoms with Gasteiger partial charge in [0, 0.05) is 12.7 Å². The van der Waals surface area contributed by atoms with E-state index < -0.39 is 26.2 Å². The Labute approximate surface area is 174 Å². The molecule has 2 N–H and O–H groups in total. The predicted molar refractivity (Wildman–Crippen MR) is 112 cm³/mol. The Hall–Kier alpha value is -2.65. The maximum absolute atomic E-state index is 13.4. The minimum absolute atomic E-state index is 0.320. The zero-order chi connectivity index (χ0) is 21.3. The van der Waals surface area contributed by atoms with Gasteiger partial charge in [0.25, 0.3) is 15.6 Å². The molecule has 0 saturated carbocycles. The van der Waals surface area contributed by atoms with Crippen molar-refractivity contribution in [2.75, 3.05) is 13.7 Å². The number of methoxy groups -OCH3 is 1. The first-order valence-corrected chi connectivity index (χ1v) is 11.5. The Bertz CT molecular complexity index is 1180. The first kappa shape index (κ1) is 20.6. The highest BCUT2D eigenvalue weighted by Crippen LogP contribution is 2.38. The lowest BCUT2D eigenvalue weighted by molar-refractivity contribution is 0.313. The predicted octanol–water partition coefficient (Wildman–Crippen LogP) is 1.95. The lowest BCUT2D eigenvalue weighted by Gasteiger charge is -2.40. The average molecular weight is 432 g/mol. The number of benzene rings is 1. The van der Waals surface area contributed by atoms with Crippen LogP contribution in [-0.4, -0.2) is 42.4 Å². The van der Waals surface area contributed by atoms with Crippen LogP contribution in [0.4, 0.5) is 0 Å². The van der Waals surface area contributed by atoms with Crippen molar-refractivity contribution in [3.63, 3.8) is 0 Å². The molecule has 1 aliphatic carbocycles. The molecule has 0 unspecified atom stereocenters. The SMILES string of the molecule is COc1ccc(C[C@H]2C3=C(CCCC3)CCN2S(=O)(=O)c2c[nH]c(=O)[nH]c2=O)cc1. The number of H-pyrrole nitrogens is 2. The van der Waals surface area contributed by atoms with Crippen molar-refractivity contribution >= 4 is 10.0 Å². The average Bonchev–Trinajstić information content (AvgIpc) is 2.74. The third kappa shape index (κ3) is 3.87. The molecule has 0 saturated heterocycles. The van der Waals surface area contributed by atoms with Crippen molar-refractivity contribution in [3.8, 4) is 5.75 Å². The molecular weight excluding hydrogens is 406 g/mol. The Morgan fingerprint density at radius 3 is 2.53 bits per heavy atom. The van der Waals surface area contributed by atoms with E-state index in [9.17, 15) is 18.0 Å². The van der Waals surface area contributed by atoms with Gasteiger partial charge in [0.15, 0.2) is 4.90 Å². The highest BCUT2D eigenvalue weighted by Gasteiger charge is 2.39. The second kappa shape index (κ2) is 8.23. The first-order valence-electron chi connectivity index (χ1n) is 10.1. The van der Waals surface area contributed by atoms with Crippen molar-refractivity contribution in [1.82, 2.24) is 14.3 Å². The van der Waals surface area contributed by atoms with E-state index in [1.165, 1.54) is 15.5 Å². The molecular formula is C21H25N3O5S. The van der Waals surface area contributed by atoms with Crippen LogP contribution < -0.4 is 16.0 Å². The van der Waals surface area contributed by atoms with Gasteiger partial charge in [0.2, 0.25) is 0 Å². The first-order chi connectivity index (χ1) is 14.4. The van der Waals surface area contributed by atoms with Gasteiger partial charge in [-0.25, -0.2) is 13.2 Å². The van der Waals surface area contributed by atoms with Crippen LogP contribution in [0.2, 0.25) is 0 Å². The van der Waals surface area contributed by atoms with E-state index in [2.05, 4.69) is 4.98 Å². The fourth-order valence-electron chi connectivity index (χ4n) is 4.47. The molecule has 2 aromatic rings. The van der Waals surface area contributed by atoms with Gasteiger partial charge in [-0.1, -0.05) is 23.3 Å². The zero-order valence-electron chi connectivity index (χ0n) is 16.8. The smallest absolute Gasteiger partial charge is 0.325 e. The number of hydrogen-bond donors (Lipinski definition) is 2. The number of hydrogen-bond acceptors (Lipinski definition) is 5. The third-order valence-electron chi connectivity index (χ3n) is 5.97. The van der Waals surface area contributed by atoms with Gasteiger partial charge in [-0.05, 0) is 56.2 Å². The summed E-state index contributed by atoms with van der Waals surface area (Å²) < 4.78 is 33.5. The van der Waals surface area contributed by atoms with E-state index in [0.717, 1.165) is 43.2 Å². The molecule has 1 atom stereocenters. The van der Waals surface area contributed by atoms with Gasteiger partial charge in [-0.15, -0.1) is 0 Å². The highest BCUT2D eigenvalue weighted by molar-refractivity contribution is 7.89. The van der Waals surface area contributed by atoms with Crippen LogP contribution in [-0.2, 0) is 16.4 Å². The van der Waals surface area contributed by atoms with Crippen molar-refractivity contribution in [3.05, 3.63) is 68.0 Å². The molecule has 2 aliphatic rings. The number of nitrogens with zero attached hydrogens (tertiary/aromatic N) is 1. The molecule has 4 rings (SSSR count). The number of ether oxygens (including phenoxy) is 1. The summed E-state index contributed by atoms with van der Waals surface area (Å²) in [5.41, 5.74) is 1.89. The van der Waals surface area contributed by atoms with E-state index in [4.69, 9.17) is 4.74 Å². The molecule has 0 fully saturated rings. The number of sulfonamides is 1. The molecule has 160 valence electrons. The minimum atomic E-state index is -4.08. The van der Waals surface area contributed by atoms with E-state index in [1.807, 2.05) is 29.2 Å². The molecule has 1 aliphatic heterocycles. The summed E-state index contributed by atoms with van der Waals surface area (Å²) >= 11 is 0.